The first kappa shape index (κ1) is 11.7. The molecule has 0 aliphatic heterocycles. The molecule has 0 amide bonds. The van der Waals surface area contributed by atoms with Gasteiger partial charge in [0.05, 0.1) is 12.5 Å². The van der Waals surface area contributed by atoms with Crippen LogP contribution in [0.1, 0.15) is 18.0 Å². The quantitative estimate of drug-likeness (QED) is 0.697. The number of benzene rings is 3. The second kappa shape index (κ2) is 4.72. The van der Waals surface area contributed by atoms with Crippen LogP contribution < -0.4 is 5.73 Å². The largest absolute Gasteiger partial charge is 0.323 e. The Morgan fingerprint density at radius 3 is 2.00 bits per heavy atom. The molecular weight excluding hydrogens is 232 g/mol. The third-order valence-corrected chi connectivity index (χ3v) is 3.49. The number of nitrogens with two attached hydrogens (primary N) is 1. The Hall–Kier alpha value is -2.37. The van der Waals surface area contributed by atoms with Crippen molar-refractivity contribution in [2.24, 2.45) is 5.73 Å². The van der Waals surface area contributed by atoms with Crippen molar-refractivity contribution >= 4 is 21.5 Å². The van der Waals surface area contributed by atoms with Crippen molar-refractivity contribution in [3.05, 3.63) is 60.2 Å². The molecule has 2 heteroatoms. The second-order valence-electron chi connectivity index (χ2n) is 4.70. The van der Waals surface area contributed by atoms with E-state index in [2.05, 4.69) is 36.4 Å². The van der Waals surface area contributed by atoms with Crippen LogP contribution in [0.4, 0.5) is 0 Å². The van der Waals surface area contributed by atoms with Gasteiger partial charge in [-0.3, -0.25) is 0 Å². The third-order valence-electron chi connectivity index (χ3n) is 3.49. The van der Waals surface area contributed by atoms with E-state index in [0.717, 1.165) is 16.3 Å². The van der Waals surface area contributed by atoms with E-state index in [1.807, 2.05) is 24.3 Å². The highest BCUT2D eigenvalue weighted by molar-refractivity contribution is 6.02. The Bertz CT molecular complexity index is 730. The lowest BCUT2D eigenvalue weighted by atomic mass is 9.91. The third kappa shape index (κ3) is 1.95. The first-order chi connectivity index (χ1) is 9.31. The summed E-state index contributed by atoms with van der Waals surface area (Å²) in [5.74, 6) is 0. The molecule has 0 saturated carbocycles. The summed E-state index contributed by atoms with van der Waals surface area (Å²) in [6.07, 6.45) is 0.331. The Morgan fingerprint density at radius 2 is 1.47 bits per heavy atom. The lowest BCUT2D eigenvalue weighted by Gasteiger charge is -2.15. The van der Waals surface area contributed by atoms with E-state index in [-0.39, 0.29) is 6.04 Å². The van der Waals surface area contributed by atoms with Gasteiger partial charge in [0, 0.05) is 6.04 Å². The molecule has 1 atom stereocenters. The maximum atomic E-state index is 8.91. The van der Waals surface area contributed by atoms with Crippen molar-refractivity contribution in [2.75, 3.05) is 0 Å². The molecule has 0 bridgehead atoms. The molecule has 0 aromatic heterocycles. The van der Waals surface area contributed by atoms with Gasteiger partial charge in [-0.1, -0.05) is 48.5 Å². The Kier molecular flexibility index (Phi) is 2.91. The van der Waals surface area contributed by atoms with Crippen molar-refractivity contribution in [2.45, 2.75) is 12.5 Å². The highest BCUT2D eigenvalue weighted by Gasteiger charge is 2.13. The highest BCUT2D eigenvalue weighted by atomic mass is 14.6. The van der Waals surface area contributed by atoms with Gasteiger partial charge in [0.2, 0.25) is 0 Å². The molecule has 3 aromatic rings. The molecule has 0 unspecified atom stereocenters. The summed E-state index contributed by atoms with van der Waals surface area (Å²) in [7, 11) is 0. The van der Waals surface area contributed by atoms with Gasteiger partial charge in [-0.25, -0.2) is 0 Å². The summed E-state index contributed by atoms with van der Waals surface area (Å²) in [5.41, 5.74) is 7.29. The van der Waals surface area contributed by atoms with Gasteiger partial charge >= 0.3 is 0 Å². The van der Waals surface area contributed by atoms with Gasteiger partial charge in [0.15, 0.2) is 0 Å². The Morgan fingerprint density at radius 1 is 0.947 bits per heavy atom. The molecule has 0 radical (unpaired) electrons. The fourth-order valence-corrected chi connectivity index (χ4v) is 2.65. The first-order valence-electron chi connectivity index (χ1n) is 6.34. The zero-order valence-corrected chi connectivity index (χ0v) is 10.5. The Balaban J connectivity index is 2.43. The van der Waals surface area contributed by atoms with E-state index < -0.39 is 0 Å². The average molecular weight is 246 g/mol. The Labute approximate surface area is 112 Å². The zero-order valence-electron chi connectivity index (χ0n) is 10.5. The van der Waals surface area contributed by atoms with Gasteiger partial charge in [-0.15, -0.1) is 0 Å². The summed E-state index contributed by atoms with van der Waals surface area (Å²) in [6, 6.07) is 20.5. The van der Waals surface area contributed by atoms with Crippen LogP contribution in [0.2, 0.25) is 0 Å². The average Bonchev–Trinajstić information content (AvgIpc) is 2.44. The minimum absolute atomic E-state index is 0.249. The molecule has 0 aliphatic rings. The predicted octanol–water partition coefficient (Wildman–Crippen LogP) is 3.91. The van der Waals surface area contributed by atoms with E-state index in [1.165, 1.54) is 10.8 Å². The van der Waals surface area contributed by atoms with Crippen LogP contribution in [0.25, 0.3) is 21.5 Å². The standard InChI is InChI=1S/C17H14N2/c18-10-9-16(19)17-14-7-3-1-5-12(14)11-13-6-2-4-8-15(13)17/h1-8,11,16H,9,19H2/t16-/m1/s1. The first-order valence-corrected chi connectivity index (χ1v) is 6.34. The zero-order chi connectivity index (χ0) is 13.2. The fourth-order valence-electron chi connectivity index (χ4n) is 2.65. The lowest BCUT2D eigenvalue weighted by molar-refractivity contribution is 0.761. The van der Waals surface area contributed by atoms with Crippen molar-refractivity contribution in [1.29, 1.82) is 5.26 Å². The van der Waals surface area contributed by atoms with Crippen LogP contribution in [0.15, 0.2) is 54.6 Å². The molecule has 0 saturated heterocycles. The van der Waals surface area contributed by atoms with Crippen molar-refractivity contribution in [3.8, 4) is 6.07 Å². The van der Waals surface area contributed by atoms with Crippen LogP contribution in [0.5, 0.6) is 0 Å². The molecule has 3 aromatic carbocycles. The lowest BCUT2D eigenvalue weighted by Crippen LogP contribution is -2.10. The normalized spacial score (nSPS) is 12.4. The molecule has 0 aliphatic carbocycles. The van der Waals surface area contributed by atoms with Gasteiger partial charge in [0.1, 0.15) is 0 Å². The number of fused-ring (bicyclic) bond motifs is 2. The molecule has 2 nitrogen and oxygen atoms in total. The van der Waals surface area contributed by atoms with E-state index in [0.29, 0.717) is 6.42 Å². The van der Waals surface area contributed by atoms with Crippen LogP contribution in [-0.4, -0.2) is 0 Å². The summed E-state index contributed by atoms with van der Waals surface area (Å²) in [6.45, 7) is 0. The van der Waals surface area contributed by atoms with E-state index in [9.17, 15) is 0 Å². The maximum Gasteiger partial charge on any atom is 0.0641 e. The number of nitriles is 1. The number of hydrogen-bond donors (Lipinski definition) is 1. The second-order valence-corrected chi connectivity index (χ2v) is 4.70. The van der Waals surface area contributed by atoms with Crippen molar-refractivity contribution in [3.63, 3.8) is 0 Å². The SMILES string of the molecule is N#CC[C@@H](N)c1c2ccccc2cc2ccccc12. The van der Waals surface area contributed by atoms with Gasteiger partial charge in [-0.2, -0.15) is 5.26 Å². The highest BCUT2D eigenvalue weighted by Crippen LogP contribution is 2.32. The topological polar surface area (TPSA) is 49.8 Å². The summed E-state index contributed by atoms with van der Waals surface area (Å²) in [5, 5.41) is 13.5. The van der Waals surface area contributed by atoms with Crippen molar-refractivity contribution in [1.82, 2.24) is 0 Å². The van der Waals surface area contributed by atoms with Gasteiger partial charge in [-0.05, 0) is 33.2 Å². The van der Waals surface area contributed by atoms with Gasteiger partial charge in [0.25, 0.3) is 0 Å². The smallest absolute Gasteiger partial charge is 0.0641 e. The minimum atomic E-state index is -0.249. The van der Waals surface area contributed by atoms with Crippen LogP contribution in [0.3, 0.4) is 0 Å². The maximum absolute atomic E-state index is 8.91. The molecule has 0 heterocycles. The van der Waals surface area contributed by atoms with E-state index >= 15 is 0 Å². The van der Waals surface area contributed by atoms with E-state index in [1.54, 1.807) is 0 Å². The number of rotatable bonds is 2. The van der Waals surface area contributed by atoms with Crippen LogP contribution >= 0.6 is 0 Å². The van der Waals surface area contributed by atoms with E-state index in [4.69, 9.17) is 11.0 Å². The predicted molar refractivity (Wildman–Crippen MR) is 78.6 cm³/mol. The number of nitrogens with zero attached hydrogens (tertiary/aromatic N) is 1. The fraction of sp³-hybridized carbons (Fsp3) is 0.118. The van der Waals surface area contributed by atoms with Gasteiger partial charge < -0.3 is 5.73 Å². The van der Waals surface area contributed by atoms with Crippen LogP contribution in [-0.2, 0) is 0 Å². The minimum Gasteiger partial charge on any atom is -0.323 e. The van der Waals surface area contributed by atoms with Crippen molar-refractivity contribution < 1.29 is 0 Å². The monoisotopic (exact) mass is 246 g/mol. The molecule has 19 heavy (non-hydrogen) atoms. The molecule has 3 rings (SSSR count). The van der Waals surface area contributed by atoms with Crippen LogP contribution in [0, 0.1) is 11.3 Å². The summed E-state index contributed by atoms with van der Waals surface area (Å²) >= 11 is 0. The summed E-state index contributed by atoms with van der Waals surface area (Å²) < 4.78 is 0. The molecule has 0 fully saturated rings. The summed E-state index contributed by atoms with van der Waals surface area (Å²) in [4.78, 5) is 0. The molecular formula is C17H14N2. The molecule has 2 N–H and O–H groups in total. The molecule has 92 valence electrons. The number of hydrogen-bond acceptors (Lipinski definition) is 2. The molecule has 0 spiro atoms.